The minimum absolute atomic E-state index is 0.417. The number of carbonyl (C=O) groups excluding carboxylic acids is 1. The van der Waals surface area contributed by atoms with Crippen LogP contribution in [-0.2, 0) is 12.8 Å². The predicted molar refractivity (Wildman–Crippen MR) is 124 cm³/mol. The van der Waals surface area contributed by atoms with Crippen molar-refractivity contribution in [1.82, 2.24) is 14.8 Å². The molecule has 1 amide bonds. The van der Waals surface area contributed by atoms with Crippen LogP contribution in [0.2, 0.25) is 0 Å². The summed E-state index contributed by atoms with van der Waals surface area (Å²) in [6, 6.07) is 11.2. The van der Waals surface area contributed by atoms with Crippen LogP contribution >= 0.6 is 0 Å². The second kappa shape index (κ2) is 9.02. The number of rotatable bonds is 6. The van der Waals surface area contributed by atoms with E-state index in [1.165, 1.54) is 43.4 Å². The van der Waals surface area contributed by atoms with Gasteiger partial charge in [0.1, 0.15) is 11.6 Å². The molecule has 3 aromatic rings. The molecule has 0 spiro atoms. The van der Waals surface area contributed by atoms with E-state index in [-0.39, 0.29) is 0 Å². The Morgan fingerprint density at radius 3 is 2.75 bits per heavy atom. The molecule has 0 bridgehead atoms. The highest BCUT2D eigenvalue weighted by molar-refractivity contribution is 5.93. The third-order valence-electron chi connectivity index (χ3n) is 6.42. The SMILES string of the molecule is NC(=O)c1cccc(Nc2cc(Oc3c4c(nn3C3CCCCC3)CCCC4)ccn2)c1. The fourth-order valence-electron chi connectivity index (χ4n) is 4.78. The number of hydrogen-bond donors (Lipinski definition) is 2. The second-order valence-corrected chi connectivity index (χ2v) is 8.72. The van der Waals surface area contributed by atoms with Gasteiger partial charge in [0.05, 0.1) is 11.7 Å². The maximum Gasteiger partial charge on any atom is 0.248 e. The number of nitrogens with zero attached hydrogens (tertiary/aromatic N) is 3. The molecule has 2 heterocycles. The number of anilines is 2. The smallest absolute Gasteiger partial charge is 0.248 e. The molecule has 1 saturated carbocycles. The number of ether oxygens (including phenoxy) is 1. The molecular weight excluding hydrogens is 402 g/mol. The largest absolute Gasteiger partial charge is 0.439 e. The van der Waals surface area contributed by atoms with Crippen molar-refractivity contribution in [3.63, 3.8) is 0 Å². The van der Waals surface area contributed by atoms with E-state index in [0.29, 0.717) is 17.4 Å². The first-order valence-electron chi connectivity index (χ1n) is 11.6. The highest BCUT2D eigenvalue weighted by Gasteiger charge is 2.27. The third-order valence-corrected chi connectivity index (χ3v) is 6.42. The van der Waals surface area contributed by atoms with Gasteiger partial charge in [-0.25, -0.2) is 9.67 Å². The average molecular weight is 432 g/mol. The Kier molecular flexibility index (Phi) is 5.79. The van der Waals surface area contributed by atoms with Crippen LogP contribution in [-0.4, -0.2) is 20.7 Å². The van der Waals surface area contributed by atoms with E-state index in [1.54, 1.807) is 24.4 Å². The van der Waals surface area contributed by atoms with E-state index < -0.39 is 5.91 Å². The van der Waals surface area contributed by atoms with Crippen LogP contribution in [0, 0.1) is 0 Å². The van der Waals surface area contributed by atoms with Gasteiger partial charge in [-0.15, -0.1) is 0 Å². The van der Waals surface area contributed by atoms with Gasteiger partial charge in [0.25, 0.3) is 0 Å². The van der Waals surface area contributed by atoms with Crippen molar-refractivity contribution >= 4 is 17.4 Å². The lowest BCUT2D eigenvalue weighted by Gasteiger charge is -2.24. The number of carbonyl (C=O) groups is 1. The van der Waals surface area contributed by atoms with E-state index >= 15 is 0 Å². The minimum Gasteiger partial charge on any atom is -0.439 e. The van der Waals surface area contributed by atoms with Crippen LogP contribution in [0.15, 0.2) is 42.6 Å². The third kappa shape index (κ3) is 4.33. The summed E-state index contributed by atoms with van der Waals surface area (Å²) in [5.74, 6) is 1.81. The Labute approximate surface area is 188 Å². The molecule has 0 saturated heterocycles. The van der Waals surface area contributed by atoms with Crippen LogP contribution in [0.4, 0.5) is 11.5 Å². The van der Waals surface area contributed by atoms with Crippen LogP contribution in [0.5, 0.6) is 11.6 Å². The van der Waals surface area contributed by atoms with Crippen molar-refractivity contribution in [1.29, 1.82) is 0 Å². The molecule has 166 valence electrons. The Balaban J connectivity index is 1.41. The molecule has 7 nitrogen and oxygen atoms in total. The van der Waals surface area contributed by atoms with E-state index in [1.807, 2.05) is 18.2 Å². The lowest BCUT2D eigenvalue weighted by atomic mass is 9.95. The van der Waals surface area contributed by atoms with E-state index in [0.717, 1.165) is 43.0 Å². The lowest BCUT2D eigenvalue weighted by molar-refractivity contribution is 0.100. The second-order valence-electron chi connectivity index (χ2n) is 8.72. The van der Waals surface area contributed by atoms with Gasteiger partial charge in [0, 0.05) is 29.1 Å². The summed E-state index contributed by atoms with van der Waals surface area (Å²) in [6.45, 7) is 0. The monoisotopic (exact) mass is 431 g/mol. The molecule has 2 aliphatic carbocycles. The first-order valence-corrected chi connectivity index (χ1v) is 11.6. The normalized spacial score (nSPS) is 16.4. The molecule has 1 aromatic carbocycles. The number of fused-ring (bicyclic) bond motifs is 1. The number of benzene rings is 1. The van der Waals surface area contributed by atoms with Crippen LogP contribution in [0.3, 0.4) is 0 Å². The van der Waals surface area contributed by atoms with E-state index in [4.69, 9.17) is 15.6 Å². The molecule has 7 heteroatoms. The number of pyridine rings is 1. The van der Waals surface area contributed by atoms with Gasteiger partial charge < -0.3 is 15.8 Å². The molecule has 0 atom stereocenters. The summed E-state index contributed by atoms with van der Waals surface area (Å²) in [6.07, 6.45) is 12.3. The van der Waals surface area contributed by atoms with Crippen LogP contribution in [0.1, 0.15) is 72.6 Å². The van der Waals surface area contributed by atoms with Crippen LogP contribution in [0.25, 0.3) is 0 Å². The molecule has 2 aromatic heterocycles. The van der Waals surface area contributed by atoms with Gasteiger partial charge >= 0.3 is 0 Å². The molecule has 0 aliphatic heterocycles. The van der Waals surface area contributed by atoms with E-state index in [2.05, 4.69) is 15.0 Å². The van der Waals surface area contributed by atoms with Crippen LogP contribution < -0.4 is 15.8 Å². The number of aromatic nitrogens is 3. The number of amides is 1. The summed E-state index contributed by atoms with van der Waals surface area (Å²) in [5.41, 5.74) is 9.06. The maximum absolute atomic E-state index is 11.5. The molecule has 3 N–H and O–H groups in total. The zero-order valence-corrected chi connectivity index (χ0v) is 18.2. The summed E-state index contributed by atoms with van der Waals surface area (Å²) in [7, 11) is 0. The van der Waals surface area contributed by atoms with Gasteiger partial charge in [0.2, 0.25) is 11.8 Å². The molecule has 1 fully saturated rings. The van der Waals surface area contributed by atoms with Crippen molar-refractivity contribution in [2.24, 2.45) is 5.73 Å². The first kappa shape index (κ1) is 20.5. The number of nitrogens with two attached hydrogens (primary N) is 1. The minimum atomic E-state index is -0.459. The van der Waals surface area contributed by atoms with Gasteiger partial charge in [-0.3, -0.25) is 4.79 Å². The van der Waals surface area contributed by atoms with Crippen molar-refractivity contribution in [3.05, 3.63) is 59.4 Å². The fraction of sp³-hybridized carbons (Fsp3) is 0.400. The molecule has 0 unspecified atom stereocenters. The summed E-state index contributed by atoms with van der Waals surface area (Å²) in [5, 5.41) is 8.24. The van der Waals surface area contributed by atoms with Crippen molar-refractivity contribution in [3.8, 4) is 11.6 Å². The summed E-state index contributed by atoms with van der Waals surface area (Å²) in [4.78, 5) is 15.9. The lowest BCUT2D eigenvalue weighted by Crippen LogP contribution is -2.15. The van der Waals surface area contributed by atoms with Gasteiger partial charge in [-0.05, 0) is 62.8 Å². The standard InChI is InChI=1S/C25H29N5O2/c26-24(31)17-7-6-8-18(15-17)28-23-16-20(13-14-27-23)32-25-21-11-4-5-12-22(21)29-30(25)19-9-2-1-3-10-19/h6-8,13-16,19H,1-5,9-12H2,(H2,26,31)(H,27,28). The predicted octanol–water partition coefficient (Wildman–Crippen LogP) is 5.30. The van der Waals surface area contributed by atoms with Crippen molar-refractivity contribution < 1.29 is 9.53 Å². The zero-order valence-electron chi connectivity index (χ0n) is 18.2. The van der Waals surface area contributed by atoms with Gasteiger partial charge in [-0.2, -0.15) is 5.10 Å². The van der Waals surface area contributed by atoms with Gasteiger partial charge in [-0.1, -0.05) is 25.3 Å². The number of aryl methyl sites for hydroxylation is 1. The van der Waals surface area contributed by atoms with E-state index in [9.17, 15) is 4.79 Å². The Morgan fingerprint density at radius 2 is 1.91 bits per heavy atom. The molecule has 0 radical (unpaired) electrons. The zero-order chi connectivity index (χ0) is 21.9. The molecule has 32 heavy (non-hydrogen) atoms. The Hall–Kier alpha value is -3.35. The average Bonchev–Trinajstić information content (AvgIpc) is 3.18. The number of primary amides is 1. The Morgan fingerprint density at radius 1 is 1.06 bits per heavy atom. The molecular formula is C25H29N5O2. The molecule has 2 aliphatic rings. The number of hydrogen-bond acceptors (Lipinski definition) is 5. The highest BCUT2D eigenvalue weighted by atomic mass is 16.5. The van der Waals surface area contributed by atoms with Crippen molar-refractivity contribution in [2.45, 2.75) is 63.8 Å². The topological polar surface area (TPSA) is 95.1 Å². The molecule has 5 rings (SSSR count). The van der Waals surface area contributed by atoms with Gasteiger partial charge in [0.15, 0.2) is 0 Å². The van der Waals surface area contributed by atoms with Crippen molar-refractivity contribution in [2.75, 3.05) is 5.32 Å². The quantitative estimate of drug-likeness (QED) is 0.552. The first-order chi connectivity index (χ1) is 15.7. The highest BCUT2D eigenvalue weighted by Crippen LogP contribution is 2.39. The fourth-order valence-corrected chi connectivity index (χ4v) is 4.78. The number of nitrogens with one attached hydrogen (secondary N) is 1. The summed E-state index contributed by atoms with van der Waals surface area (Å²) >= 11 is 0. The maximum atomic E-state index is 11.5. The summed E-state index contributed by atoms with van der Waals surface area (Å²) < 4.78 is 8.65. The Bertz CT molecular complexity index is 1120.